The average molecular weight is 445 g/mol. The van der Waals surface area contributed by atoms with E-state index in [1.165, 1.54) is 25.9 Å². The van der Waals surface area contributed by atoms with E-state index in [-0.39, 0.29) is 36.7 Å². The molecular formula is C21H23N3O6S. The first-order valence-corrected chi connectivity index (χ1v) is 11.4. The third-order valence-corrected chi connectivity index (χ3v) is 7.26. The number of oxazole rings is 1. The number of rotatable bonds is 7. The highest BCUT2D eigenvalue weighted by Gasteiger charge is 2.28. The van der Waals surface area contributed by atoms with Crippen LogP contribution in [0.15, 0.2) is 56.6 Å². The first-order valence-electron chi connectivity index (χ1n) is 9.91. The van der Waals surface area contributed by atoms with Gasteiger partial charge in [0.1, 0.15) is 12.4 Å². The van der Waals surface area contributed by atoms with Gasteiger partial charge in [0.25, 0.3) is 0 Å². The maximum absolute atomic E-state index is 13.0. The number of hydrogen-bond donors (Lipinski definition) is 0. The average Bonchev–Trinajstić information content (AvgIpc) is 3.09. The Kier molecular flexibility index (Phi) is 5.84. The van der Waals surface area contributed by atoms with Crippen molar-refractivity contribution in [3.8, 4) is 5.75 Å². The molecule has 3 aromatic rings. The first-order chi connectivity index (χ1) is 14.9. The Balaban J connectivity index is 1.52. The lowest BCUT2D eigenvalue weighted by atomic mass is 10.2. The molecule has 0 aliphatic carbocycles. The Hall–Kier alpha value is -3.11. The Labute approximate surface area is 179 Å². The van der Waals surface area contributed by atoms with Crippen molar-refractivity contribution in [1.29, 1.82) is 0 Å². The molecule has 2 aromatic carbocycles. The second-order valence-corrected chi connectivity index (χ2v) is 9.25. The molecule has 1 fully saturated rings. The summed E-state index contributed by atoms with van der Waals surface area (Å²) in [5.74, 6) is 0.170. The molecule has 31 heavy (non-hydrogen) atoms. The van der Waals surface area contributed by atoms with Crippen LogP contribution in [-0.4, -0.2) is 61.4 Å². The quantitative estimate of drug-likeness (QED) is 0.510. The van der Waals surface area contributed by atoms with Crippen LogP contribution in [0.1, 0.15) is 5.56 Å². The van der Waals surface area contributed by atoms with Crippen molar-refractivity contribution in [3.05, 3.63) is 58.6 Å². The van der Waals surface area contributed by atoms with Crippen LogP contribution in [0.25, 0.3) is 11.1 Å². The Bertz CT molecular complexity index is 1260. The van der Waals surface area contributed by atoms with E-state index in [1.807, 2.05) is 31.2 Å². The van der Waals surface area contributed by atoms with Gasteiger partial charge in [0.2, 0.25) is 16.4 Å². The van der Waals surface area contributed by atoms with Crippen LogP contribution in [0.2, 0.25) is 0 Å². The molecule has 10 heteroatoms. The minimum atomic E-state index is -3.75. The standard InChI is InChI=1S/C21H23N3O6S/c1-16-4-2-3-5-19(16)29-13-12-24-18-7-6-17(14-20(18)30-21(24)26)31(27,28)23-10-8-22(15-25)9-11-23/h2-7,14-15H,8-13H2,1H3. The monoisotopic (exact) mass is 445 g/mol. The van der Waals surface area contributed by atoms with E-state index in [1.54, 1.807) is 6.07 Å². The second kappa shape index (κ2) is 8.56. The highest BCUT2D eigenvalue weighted by molar-refractivity contribution is 7.89. The van der Waals surface area contributed by atoms with Gasteiger partial charge in [0.05, 0.1) is 17.0 Å². The molecule has 0 saturated carbocycles. The van der Waals surface area contributed by atoms with Crippen LogP contribution < -0.4 is 10.5 Å². The summed E-state index contributed by atoms with van der Waals surface area (Å²) in [6, 6.07) is 12.0. The van der Waals surface area contributed by atoms with Gasteiger partial charge in [-0.3, -0.25) is 9.36 Å². The minimum absolute atomic E-state index is 0.0524. The molecule has 164 valence electrons. The number of para-hydroxylation sites is 1. The van der Waals surface area contributed by atoms with Crippen molar-refractivity contribution in [2.24, 2.45) is 0 Å². The molecule has 9 nitrogen and oxygen atoms in total. The molecule has 0 atom stereocenters. The molecule has 1 aliphatic rings. The molecule has 4 rings (SSSR count). The predicted octanol–water partition coefficient (Wildman–Crippen LogP) is 1.44. The lowest BCUT2D eigenvalue weighted by Crippen LogP contribution is -2.47. The van der Waals surface area contributed by atoms with Gasteiger partial charge in [-0.25, -0.2) is 13.2 Å². The fourth-order valence-electron chi connectivity index (χ4n) is 3.58. The first kappa shape index (κ1) is 21.1. The topological polar surface area (TPSA) is 102 Å². The van der Waals surface area contributed by atoms with Crippen molar-refractivity contribution in [2.75, 3.05) is 32.8 Å². The van der Waals surface area contributed by atoms with Crippen LogP contribution in [-0.2, 0) is 21.4 Å². The number of carbonyl (C=O) groups is 1. The zero-order valence-electron chi connectivity index (χ0n) is 17.1. The highest BCUT2D eigenvalue weighted by Crippen LogP contribution is 2.23. The van der Waals surface area contributed by atoms with Crippen molar-refractivity contribution in [2.45, 2.75) is 18.4 Å². The summed E-state index contributed by atoms with van der Waals surface area (Å²) in [4.78, 5) is 24.8. The van der Waals surface area contributed by atoms with E-state index in [0.29, 0.717) is 18.6 Å². The number of fused-ring (bicyclic) bond motifs is 1. The molecule has 0 radical (unpaired) electrons. The fourth-order valence-corrected chi connectivity index (χ4v) is 5.02. The summed E-state index contributed by atoms with van der Waals surface area (Å²) in [6.07, 6.45) is 0.718. The molecule has 1 amide bonds. The van der Waals surface area contributed by atoms with Crippen LogP contribution in [0.5, 0.6) is 5.75 Å². The molecule has 0 bridgehead atoms. The van der Waals surface area contributed by atoms with Crippen LogP contribution in [0.4, 0.5) is 0 Å². The van der Waals surface area contributed by atoms with Crippen molar-refractivity contribution >= 4 is 27.5 Å². The summed E-state index contributed by atoms with van der Waals surface area (Å²) in [5.41, 5.74) is 1.70. The van der Waals surface area contributed by atoms with E-state index >= 15 is 0 Å². The van der Waals surface area contributed by atoms with Gasteiger partial charge in [0, 0.05) is 32.2 Å². The number of aryl methyl sites for hydroxylation is 1. The normalized spacial score (nSPS) is 15.3. The minimum Gasteiger partial charge on any atom is -0.491 e. The zero-order valence-corrected chi connectivity index (χ0v) is 17.9. The van der Waals surface area contributed by atoms with Gasteiger partial charge < -0.3 is 14.1 Å². The lowest BCUT2D eigenvalue weighted by Gasteiger charge is -2.31. The van der Waals surface area contributed by atoms with Gasteiger partial charge >= 0.3 is 5.76 Å². The van der Waals surface area contributed by atoms with E-state index in [9.17, 15) is 18.0 Å². The molecule has 0 spiro atoms. The summed E-state index contributed by atoms with van der Waals surface area (Å²) in [5, 5.41) is 0. The predicted molar refractivity (Wildman–Crippen MR) is 114 cm³/mol. The number of sulfonamides is 1. The van der Waals surface area contributed by atoms with Gasteiger partial charge in [-0.1, -0.05) is 18.2 Å². The number of benzene rings is 2. The summed E-state index contributed by atoms with van der Waals surface area (Å²) < 4.78 is 39.7. The maximum Gasteiger partial charge on any atom is 0.420 e. The van der Waals surface area contributed by atoms with Crippen LogP contribution >= 0.6 is 0 Å². The van der Waals surface area contributed by atoms with Crippen LogP contribution in [0, 0.1) is 6.92 Å². The van der Waals surface area contributed by atoms with Gasteiger partial charge in [-0.2, -0.15) is 4.31 Å². The third kappa shape index (κ3) is 4.21. The Morgan fingerprint density at radius 3 is 2.55 bits per heavy atom. The highest BCUT2D eigenvalue weighted by atomic mass is 32.2. The van der Waals surface area contributed by atoms with E-state index in [2.05, 4.69) is 0 Å². The van der Waals surface area contributed by atoms with E-state index < -0.39 is 15.8 Å². The zero-order chi connectivity index (χ0) is 22.0. The van der Waals surface area contributed by atoms with Crippen LogP contribution in [0.3, 0.4) is 0 Å². The maximum atomic E-state index is 13.0. The number of ether oxygens (including phenoxy) is 1. The van der Waals surface area contributed by atoms with Gasteiger partial charge in [0.15, 0.2) is 5.58 Å². The Morgan fingerprint density at radius 1 is 1.10 bits per heavy atom. The SMILES string of the molecule is Cc1ccccc1OCCn1c(=O)oc2cc(S(=O)(=O)N3CCN(C=O)CC3)ccc21. The largest absolute Gasteiger partial charge is 0.491 e. The lowest BCUT2D eigenvalue weighted by molar-refractivity contribution is -0.119. The number of hydrogen-bond acceptors (Lipinski definition) is 6. The van der Waals surface area contributed by atoms with Gasteiger partial charge in [-0.05, 0) is 30.7 Å². The number of carbonyl (C=O) groups excluding carboxylic acids is 1. The summed E-state index contributed by atoms with van der Waals surface area (Å²) >= 11 is 0. The summed E-state index contributed by atoms with van der Waals surface area (Å²) in [7, 11) is -3.75. The smallest absolute Gasteiger partial charge is 0.420 e. The number of piperazine rings is 1. The number of nitrogens with zero attached hydrogens (tertiary/aromatic N) is 3. The molecule has 1 aliphatic heterocycles. The molecule has 0 N–H and O–H groups in total. The molecule has 1 saturated heterocycles. The second-order valence-electron chi connectivity index (χ2n) is 7.31. The summed E-state index contributed by atoms with van der Waals surface area (Å²) in [6.45, 7) is 3.60. The Morgan fingerprint density at radius 2 is 1.84 bits per heavy atom. The molecular weight excluding hydrogens is 422 g/mol. The van der Waals surface area contributed by atoms with Crippen molar-refractivity contribution in [1.82, 2.24) is 13.8 Å². The molecule has 0 unspecified atom stereocenters. The van der Waals surface area contributed by atoms with E-state index in [0.717, 1.165) is 17.7 Å². The fraction of sp³-hybridized carbons (Fsp3) is 0.333. The van der Waals surface area contributed by atoms with E-state index in [4.69, 9.17) is 9.15 Å². The number of aromatic nitrogens is 1. The third-order valence-electron chi connectivity index (χ3n) is 5.37. The van der Waals surface area contributed by atoms with Crippen molar-refractivity contribution in [3.63, 3.8) is 0 Å². The number of amides is 1. The van der Waals surface area contributed by atoms with Gasteiger partial charge in [-0.15, -0.1) is 0 Å². The molecule has 2 heterocycles. The van der Waals surface area contributed by atoms with Crippen molar-refractivity contribution < 1.29 is 22.4 Å². The molecule has 1 aromatic heterocycles.